The molecule has 0 radical (unpaired) electrons. The first-order valence-electron chi connectivity index (χ1n) is 12.3. The third-order valence-corrected chi connectivity index (χ3v) is 8.33. The maximum atomic E-state index is 11.3. The topological polar surface area (TPSA) is 64.6 Å². The number of hydrogen-bond acceptors (Lipinski definition) is 4. The number of nitrogens with zero attached hydrogens (tertiary/aromatic N) is 1. The molecule has 8 unspecified atom stereocenters. The summed E-state index contributed by atoms with van der Waals surface area (Å²) in [5, 5.41) is 16.9. The quantitative estimate of drug-likeness (QED) is 0.505. The summed E-state index contributed by atoms with van der Waals surface area (Å²) in [7, 11) is 1.97. The van der Waals surface area contributed by atoms with Crippen molar-refractivity contribution in [2.75, 3.05) is 20.1 Å². The Balaban J connectivity index is 1.70. The second-order valence-corrected chi connectivity index (χ2v) is 10.4. The number of hydrogen-bond donors (Lipinski definition) is 3. The zero-order valence-electron chi connectivity index (χ0n) is 19.2. The molecule has 3 rings (SSSR count). The zero-order chi connectivity index (χ0) is 21.0. The Morgan fingerprint density at radius 2 is 1.90 bits per heavy atom. The Morgan fingerprint density at radius 1 is 1.10 bits per heavy atom. The molecule has 8 atom stereocenters. The first kappa shape index (κ1) is 23.0. The fraction of sp³-hybridized carbons (Fsp3) is 0.958. The molecule has 29 heavy (non-hydrogen) atoms. The number of carbonyl (C=O) groups is 1. The highest BCUT2D eigenvalue weighted by Gasteiger charge is 2.48. The highest BCUT2D eigenvalue weighted by Crippen LogP contribution is 2.47. The average Bonchev–Trinajstić information content (AvgIpc) is 3.02. The van der Waals surface area contributed by atoms with Crippen LogP contribution in [0, 0.1) is 29.6 Å². The Bertz CT molecular complexity index is 518. The lowest BCUT2D eigenvalue weighted by Crippen LogP contribution is -2.61. The first-order valence-corrected chi connectivity index (χ1v) is 12.3. The van der Waals surface area contributed by atoms with Crippen molar-refractivity contribution in [3.8, 4) is 0 Å². The van der Waals surface area contributed by atoms with Gasteiger partial charge in [-0.15, -0.1) is 0 Å². The van der Waals surface area contributed by atoms with Crippen LogP contribution in [-0.2, 0) is 4.79 Å². The van der Waals surface area contributed by atoms with Gasteiger partial charge in [-0.25, -0.2) is 0 Å². The molecule has 5 heteroatoms. The van der Waals surface area contributed by atoms with E-state index < -0.39 is 5.97 Å². The number of carboxylic acids is 1. The minimum absolute atomic E-state index is 0.121. The van der Waals surface area contributed by atoms with Crippen molar-refractivity contribution in [1.82, 2.24) is 15.5 Å². The molecular formula is C24H45N3O2. The number of piperidine rings is 1. The van der Waals surface area contributed by atoms with Crippen molar-refractivity contribution in [2.24, 2.45) is 29.6 Å². The van der Waals surface area contributed by atoms with Crippen LogP contribution in [0.4, 0.5) is 0 Å². The molecule has 0 aromatic carbocycles. The van der Waals surface area contributed by atoms with E-state index in [1.165, 1.54) is 51.4 Å². The predicted octanol–water partition coefficient (Wildman–Crippen LogP) is 3.94. The molecule has 0 amide bonds. The Hall–Kier alpha value is -0.650. The van der Waals surface area contributed by atoms with Crippen LogP contribution in [0.3, 0.4) is 0 Å². The average molecular weight is 408 g/mol. The molecule has 0 aromatic rings. The summed E-state index contributed by atoms with van der Waals surface area (Å²) < 4.78 is 0. The van der Waals surface area contributed by atoms with E-state index in [-0.39, 0.29) is 12.7 Å². The number of unbranched alkanes of at least 4 members (excludes halogenated alkanes) is 3. The molecule has 0 aromatic heterocycles. The van der Waals surface area contributed by atoms with Gasteiger partial charge in [0.05, 0.1) is 12.7 Å². The second-order valence-electron chi connectivity index (χ2n) is 10.4. The van der Waals surface area contributed by atoms with E-state index in [1.54, 1.807) is 0 Å². The van der Waals surface area contributed by atoms with Crippen LogP contribution < -0.4 is 10.6 Å². The summed E-state index contributed by atoms with van der Waals surface area (Å²) in [6, 6.07) is 1.13. The van der Waals surface area contributed by atoms with Crippen LogP contribution in [0.25, 0.3) is 0 Å². The maximum Gasteiger partial charge on any atom is 0.317 e. The number of fused-ring (bicyclic) bond motifs is 1. The van der Waals surface area contributed by atoms with Crippen LogP contribution in [0.2, 0.25) is 0 Å². The third-order valence-electron chi connectivity index (χ3n) is 8.33. The van der Waals surface area contributed by atoms with E-state index in [0.29, 0.717) is 29.8 Å². The van der Waals surface area contributed by atoms with E-state index in [2.05, 4.69) is 31.4 Å². The van der Waals surface area contributed by atoms with Crippen LogP contribution in [0.5, 0.6) is 0 Å². The minimum Gasteiger partial charge on any atom is -0.480 e. The van der Waals surface area contributed by atoms with Gasteiger partial charge in [0.15, 0.2) is 0 Å². The lowest BCUT2D eigenvalue weighted by atomic mass is 9.61. The molecule has 3 aliphatic rings. The third kappa shape index (κ3) is 5.74. The van der Waals surface area contributed by atoms with E-state index in [0.717, 1.165) is 24.8 Å². The van der Waals surface area contributed by atoms with Gasteiger partial charge in [-0.1, -0.05) is 46.0 Å². The van der Waals surface area contributed by atoms with Gasteiger partial charge in [0.2, 0.25) is 0 Å². The maximum absolute atomic E-state index is 11.3. The highest BCUT2D eigenvalue weighted by atomic mass is 16.4. The van der Waals surface area contributed by atoms with Gasteiger partial charge in [0, 0.05) is 12.1 Å². The predicted molar refractivity (Wildman–Crippen MR) is 119 cm³/mol. The van der Waals surface area contributed by atoms with Gasteiger partial charge >= 0.3 is 5.97 Å². The molecule has 5 nitrogen and oxygen atoms in total. The van der Waals surface area contributed by atoms with Crippen molar-refractivity contribution in [2.45, 2.75) is 96.8 Å². The van der Waals surface area contributed by atoms with Crippen molar-refractivity contribution in [3.05, 3.63) is 0 Å². The lowest BCUT2D eigenvalue weighted by Gasteiger charge is -2.52. The fourth-order valence-electron chi connectivity index (χ4n) is 6.85. The summed E-state index contributed by atoms with van der Waals surface area (Å²) >= 11 is 0. The standard InChI is InChI=1S/C24H45N3O2/c1-5-6-7-8-9-18-10-11-21-19(12-18)20(24-16(2)14-25-17(24)3)13-22(26-21)27(4)15-23(28)29/h16-22,24-26H,5-15H2,1-4H3,(H,28,29). The van der Waals surface area contributed by atoms with E-state index in [4.69, 9.17) is 0 Å². The number of likely N-dealkylation sites (N-methyl/N-ethyl adjacent to an activating group) is 1. The van der Waals surface area contributed by atoms with E-state index >= 15 is 0 Å². The van der Waals surface area contributed by atoms with Gasteiger partial charge in [-0.05, 0) is 75.8 Å². The number of nitrogens with one attached hydrogen (secondary N) is 2. The smallest absolute Gasteiger partial charge is 0.317 e. The van der Waals surface area contributed by atoms with Crippen molar-refractivity contribution in [3.63, 3.8) is 0 Å². The number of aliphatic carboxylic acids is 1. The fourth-order valence-corrected chi connectivity index (χ4v) is 6.85. The van der Waals surface area contributed by atoms with Gasteiger partial charge < -0.3 is 10.4 Å². The molecule has 3 N–H and O–H groups in total. The SMILES string of the molecule is CCCCCCC1CCC2NC(N(C)CC(=O)O)CC(C3C(C)CNC3C)C2C1. The second kappa shape index (κ2) is 10.6. The highest BCUT2D eigenvalue weighted by molar-refractivity contribution is 5.69. The molecule has 2 aliphatic heterocycles. The molecule has 0 spiro atoms. The monoisotopic (exact) mass is 407 g/mol. The largest absolute Gasteiger partial charge is 0.480 e. The molecule has 2 heterocycles. The first-order chi connectivity index (χ1) is 13.9. The van der Waals surface area contributed by atoms with Crippen LogP contribution in [0.15, 0.2) is 0 Å². The molecule has 0 bridgehead atoms. The Labute approximate surface area is 178 Å². The van der Waals surface area contributed by atoms with Crippen LogP contribution >= 0.6 is 0 Å². The van der Waals surface area contributed by atoms with E-state index in [1.807, 2.05) is 11.9 Å². The number of rotatable bonds is 9. The molecule has 3 fully saturated rings. The summed E-state index contributed by atoms with van der Waals surface area (Å²) in [6.45, 7) is 8.32. The molecule has 168 valence electrons. The van der Waals surface area contributed by atoms with Gasteiger partial charge in [0.25, 0.3) is 0 Å². The Morgan fingerprint density at radius 3 is 2.55 bits per heavy atom. The van der Waals surface area contributed by atoms with Crippen LogP contribution in [0.1, 0.15) is 78.6 Å². The Kier molecular flexibility index (Phi) is 8.41. The molecular weight excluding hydrogens is 362 g/mol. The molecule has 2 saturated heterocycles. The molecule has 1 saturated carbocycles. The summed E-state index contributed by atoms with van der Waals surface area (Å²) in [5.74, 6) is 3.04. The summed E-state index contributed by atoms with van der Waals surface area (Å²) in [4.78, 5) is 13.3. The van der Waals surface area contributed by atoms with Crippen molar-refractivity contribution in [1.29, 1.82) is 0 Å². The summed E-state index contributed by atoms with van der Waals surface area (Å²) in [5.41, 5.74) is 0. The number of carboxylic acid groups (broad SMARTS) is 1. The van der Waals surface area contributed by atoms with Gasteiger partial charge in [-0.2, -0.15) is 0 Å². The minimum atomic E-state index is -0.729. The van der Waals surface area contributed by atoms with Crippen molar-refractivity contribution < 1.29 is 9.90 Å². The van der Waals surface area contributed by atoms with Crippen molar-refractivity contribution >= 4 is 5.97 Å². The normalized spacial score (nSPS) is 40.2. The summed E-state index contributed by atoms with van der Waals surface area (Å²) in [6.07, 6.45) is 12.2. The zero-order valence-corrected chi connectivity index (χ0v) is 19.2. The molecule has 1 aliphatic carbocycles. The van der Waals surface area contributed by atoms with Crippen LogP contribution in [-0.4, -0.2) is 54.4 Å². The lowest BCUT2D eigenvalue weighted by molar-refractivity contribution is -0.139. The van der Waals surface area contributed by atoms with E-state index in [9.17, 15) is 9.90 Å². The van der Waals surface area contributed by atoms with Gasteiger partial charge in [-0.3, -0.25) is 15.0 Å². The van der Waals surface area contributed by atoms with Gasteiger partial charge in [0.1, 0.15) is 0 Å².